The minimum atomic E-state index is 0.341. The van der Waals surface area contributed by atoms with Crippen LogP contribution in [-0.2, 0) is 0 Å². The highest BCUT2D eigenvalue weighted by atomic mass is 16.3. The molecule has 4 aromatic carbocycles. The van der Waals surface area contributed by atoms with Crippen molar-refractivity contribution in [3.8, 4) is 22.5 Å². The second-order valence-corrected chi connectivity index (χ2v) is 10.2. The molecule has 2 unspecified atom stereocenters. The van der Waals surface area contributed by atoms with Gasteiger partial charge in [-0.3, -0.25) is 0 Å². The van der Waals surface area contributed by atoms with Gasteiger partial charge in [0, 0.05) is 44.3 Å². The largest absolute Gasteiger partial charge is 0.455 e. The summed E-state index contributed by atoms with van der Waals surface area (Å²) in [6, 6.07) is 28.8. The standard InChI is InChI=1S/C35H25NO/c1-3-23-29-16-8-13-25(35(29)37-34(23)24-11-5-4-10-21(24)2)22-18-19-32-30(20-22)28-15-9-14-27-26-12-6-7-17-31(26)36(32)33(27)28/h3-20,26,31H,1H2,2H3. The van der Waals surface area contributed by atoms with E-state index >= 15 is 0 Å². The van der Waals surface area contributed by atoms with Gasteiger partial charge in [-0.15, -0.1) is 0 Å². The fraction of sp³-hybridized carbons (Fsp3) is 0.0857. The first-order valence-electron chi connectivity index (χ1n) is 12.9. The number of para-hydroxylation sites is 2. The Bertz CT molecular complexity index is 1980. The van der Waals surface area contributed by atoms with Crippen molar-refractivity contribution in [2.24, 2.45) is 0 Å². The van der Waals surface area contributed by atoms with Gasteiger partial charge in [0.25, 0.3) is 0 Å². The molecule has 176 valence electrons. The third-order valence-electron chi connectivity index (χ3n) is 8.28. The zero-order chi connectivity index (χ0) is 24.7. The first kappa shape index (κ1) is 20.6. The van der Waals surface area contributed by atoms with Crippen molar-refractivity contribution in [1.82, 2.24) is 4.57 Å². The summed E-state index contributed by atoms with van der Waals surface area (Å²) < 4.78 is 9.19. The quantitative estimate of drug-likeness (QED) is 0.249. The van der Waals surface area contributed by atoms with E-state index in [1.807, 2.05) is 6.08 Å². The number of hydrogen-bond acceptors (Lipinski definition) is 1. The molecule has 0 radical (unpaired) electrons. The molecule has 37 heavy (non-hydrogen) atoms. The number of aryl methyl sites for hydroxylation is 1. The maximum Gasteiger partial charge on any atom is 0.143 e. The molecule has 2 heteroatoms. The molecular formula is C35H25NO. The lowest BCUT2D eigenvalue weighted by Crippen LogP contribution is -2.08. The Morgan fingerprint density at radius 2 is 1.62 bits per heavy atom. The van der Waals surface area contributed by atoms with Crippen LogP contribution in [-0.4, -0.2) is 4.57 Å². The van der Waals surface area contributed by atoms with Gasteiger partial charge in [0.05, 0.1) is 11.6 Å². The second-order valence-electron chi connectivity index (χ2n) is 10.2. The van der Waals surface area contributed by atoms with Crippen molar-refractivity contribution in [1.29, 1.82) is 0 Å². The summed E-state index contributed by atoms with van der Waals surface area (Å²) in [6.45, 7) is 6.25. The molecular weight excluding hydrogens is 450 g/mol. The smallest absolute Gasteiger partial charge is 0.143 e. The lowest BCUT2D eigenvalue weighted by molar-refractivity contribution is 0.615. The Morgan fingerprint density at radius 1 is 0.811 bits per heavy atom. The highest BCUT2D eigenvalue weighted by Gasteiger charge is 2.34. The fourth-order valence-electron chi connectivity index (χ4n) is 6.60. The number of benzene rings is 4. The van der Waals surface area contributed by atoms with Crippen molar-refractivity contribution in [2.45, 2.75) is 18.9 Å². The third-order valence-corrected chi connectivity index (χ3v) is 8.28. The topological polar surface area (TPSA) is 18.1 Å². The minimum absolute atomic E-state index is 0.341. The summed E-state index contributed by atoms with van der Waals surface area (Å²) in [5.41, 5.74) is 10.6. The molecule has 3 heterocycles. The Kier molecular flexibility index (Phi) is 4.16. The molecule has 0 fully saturated rings. The van der Waals surface area contributed by atoms with E-state index in [0.717, 1.165) is 33.4 Å². The number of rotatable bonds is 3. The van der Waals surface area contributed by atoms with E-state index in [0.29, 0.717) is 12.0 Å². The van der Waals surface area contributed by atoms with Crippen LogP contribution < -0.4 is 0 Å². The van der Waals surface area contributed by atoms with E-state index in [1.165, 1.54) is 38.5 Å². The van der Waals surface area contributed by atoms with Crippen LogP contribution in [0.4, 0.5) is 0 Å². The van der Waals surface area contributed by atoms with Gasteiger partial charge >= 0.3 is 0 Å². The van der Waals surface area contributed by atoms with Crippen LogP contribution in [0.1, 0.15) is 28.7 Å². The number of aromatic nitrogens is 1. The van der Waals surface area contributed by atoms with Gasteiger partial charge in [-0.05, 0) is 35.7 Å². The summed E-state index contributed by atoms with van der Waals surface area (Å²) in [5.74, 6) is 1.30. The van der Waals surface area contributed by atoms with Crippen LogP contribution in [0.3, 0.4) is 0 Å². The fourth-order valence-corrected chi connectivity index (χ4v) is 6.60. The van der Waals surface area contributed by atoms with Gasteiger partial charge in [-0.1, -0.05) is 104 Å². The van der Waals surface area contributed by atoms with Crippen LogP contribution in [0, 0.1) is 6.92 Å². The van der Waals surface area contributed by atoms with Gasteiger partial charge < -0.3 is 8.98 Å². The monoisotopic (exact) mass is 475 g/mol. The van der Waals surface area contributed by atoms with Crippen LogP contribution in [0.2, 0.25) is 0 Å². The molecule has 0 saturated carbocycles. The van der Waals surface area contributed by atoms with Gasteiger partial charge in [0.15, 0.2) is 0 Å². The summed E-state index contributed by atoms with van der Waals surface area (Å²) in [6.07, 6.45) is 11.0. The van der Waals surface area contributed by atoms with Crippen LogP contribution in [0.25, 0.3) is 61.3 Å². The molecule has 0 spiro atoms. The van der Waals surface area contributed by atoms with Gasteiger partial charge in [-0.2, -0.15) is 0 Å². The number of fused-ring (bicyclic) bond motifs is 7. The Hall–Kier alpha value is -4.56. The highest BCUT2D eigenvalue weighted by Crippen LogP contribution is 2.50. The molecule has 8 rings (SSSR count). The number of furan rings is 1. The SMILES string of the molecule is C=Cc1c(-c2ccccc2C)oc2c(-c3ccc4c(c3)c3cccc5c3n4C3C=CC=CC53)cccc12. The van der Waals surface area contributed by atoms with E-state index in [4.69, 9.17) is 4.42 Å². The summed E-state index contributed by atoms with van der Waals surface area (Å²) >= 11 is 0. The lowest BCUT2D eigenvalue weighted by atomic mass is 9.89. The van der Waals surface area contributed by atoms with E-state index in [-0.39, 0.29) is 0 Å². The second kappa shape index (κ2) is 7.47. The predicted octanol–water partition coefficient (Wildman–Crippen LogP) is 9.59. The number of nitrogens with zero attached hydrogens (tertiary/aromatic N) is 1. The molecule has 2 atom stereocenters. The molecule has 1 aliphatic carbocycles. The molecule has 0 bridgehead atoms. The molecule has 0 saturated heterocycles. The lowest BCUT2D eigenvalue weighted by Gasteiger charge is -2.20. The maximum atomic E-state index is 6.66. The molecule has 2 aliphatic rings. The summed E-state index contributed by atoms with van der Waals surface area (Å²) in [7, 11) is 0. The predicted molar refractivity (Wildman–Crippen MR) is 155 cm³/mol. The first-order chi connectivity index (χ1) is 18.2. The Balaban J connectivity index is 1.38. The Labute approximate surface area is 215 Å². The number of hydrogen-bond donors (Lipinski definition) is 0. The van der Waals surface area contributed by atoms with E-state index in [2.05, 4.69) is 121 Å². The van der Waals surface area contributed by atoms with Crippen LogP contribution in [0.5, 0.6) is 0 Å². The van der Waals surface area contributed by atoms with E-state index in [1.54, 1.807) is 0 Å². The molecule has 2 aromatic heterocycles. The number of allylic oxidation sites excluding steroid dienone is 4. The van der Waals surface area contributed by atoms with Crippen LogP contribution >= 0.6 is 0 Å². The highest BCUT2D eigenvalue weighted by molar-refractivity contribution is 6.12. The average molecular weight is 476 g/mol. The molecule has 0 amide bonds. The Morgan fingerprint density at radius 3 is 2.51 bits per heavy atom. The molecule has 2 nitrogen and oxygen atoms in total. The van der Waals surface area contributed by atoms with Crippen molar-refractivity contribution >= 4 is 38.9 Å². The molecule has 0 N–H and O–H groups in total. The average Bonchev–Trinajstić information content (AvgIpc) is 3.59. The van der Waals surface area contributed by atoms with Crippen molar-refractivity contribution in [2.75, 3.05) is 0 Å². The third kappa shape index (κ3) is 2.70. The first-order valence-corrected chi connectivity index (χ1v) is 12.9. The zero-order valence-electron chi connectivity index (χ0n) is 20.6. The van der Waals surface area contributed by atoms with Gasteiger partial charge in [0.1, 0.15) is 11.3 Å². The maximum absolute atomic E-state index is 6.66. The van der Waals surface area contributed by atoms with Crippen molar-refractivity contribution in [3.63, 3.8) is 0 Å². The van der Waals surface area contributed by atoms with E-state index < -0.39 is 0 Å². The molecule has 1 aliphatic heterocycles. The summed E-state index contributed by atoms with van der Waals surface area (Å²) in [5, 5.41) is 3.71. The van der Waals surface area contributed by atoms with Crippen molar-refractivity contribution < 1.29 is 4.42 Å². The minimum Gasteiger partial charge on any atom is -0.455 e. The van der Waals surface area contributed by atoms with E-state index in [9.17, 15) is 0 Å². The van der Waals surface area contributed by atoms with Crippen molar-refractivity contribution in [3.05, 3.63) is 126 Å². The van der Waals surface area contributed by atoms with Gasteiger partial charge in [0.2, 0.25) is 0 Å². The zero-order valence-corrected chi connectivity index (χ0v) is 20.6. The molecule has 6 aromatic rings. The summed E-state index contributed by atoms with van der Waals surface area (Å²) in [4.78, 5) is 0. The van der Waals surface area contributed by atoms with Gasteiger partial charge in [-0.25, -0.2) is 0 Å². The normalized spacial score (nSPS) is 17.8. The van der Waals surface area contributed by atoms with Crippen LogP contribution in [0.15, 0.2) is 114 Å².